The highest BCUT2D eigenvalue weighted by atomic mass is 16.5. The third-order valence-electron chi connectivity index (χ3n) is 4.41. The zero-order valence-corrected chi connectivity index (χ0v) is 15.3. The summed E-state index contributed by atoms with van der Waals surface area (Å²) in [5.41, 5.74) is 13.8. The number of ether oxygens (including phenoxy) is 1. The standard InChI is InChI=1S/C20H21N5O3/c1-28-19(26)17(21)12-13-2-6-15(7-3-13)24-10-11-25(20(24)27)16-8-4-14(5-9-16)18(22)23/h2-11,17H,12,21H2,1H3,(H3,22,23). The zero-order chi connectivity index (χ0) is 20.3. The lowest BCUT2D eigenvalue weighted by molar-refractivity contribution is -0.142. The van der Waals surface area contributed by atoms with Crippen molar-refractivity contribution < 1.29 is 9.53 Å². The second-order valence-electron chi connectivity index (χ2n) is 6.28. The zero-order valence-electron chi connectivity index (χ0n) is 15.3. The van der Waals surface area contributed by atoms with Gasteiger partial charge in [-0.15, -0.1) is 0 Å². The maximum Gasteiger partial charge on any atom is 0.337 e. The van der Waals surface area contributed by atoms with Gasteiger partial charge in [0.15, 0.2) is 0 Å². The fraction of sp³-hybridized carbons (Fsp3) is 0.150. The first-order valence-electron chi connectivity index (χ1n) is 8.58. The molecule has 0 aliphatic rings. The average molecular weight is 379 g/mol. The number of nitrogens with one attached hydrogen (secondary N) is 1. The Morgan fingerprint density at radius 2 is 1.54 bits per heavy atom. The van der Waals surface area contributed by atoms with Crippen LogP contribution in [0, 0.1) is 5.41 Å². The average Bonchev–Trinajstić information content (AvgIpc) is 3.09. The van der Waals surface area contributed by atoms with Gasteiger partial charge in [-0.25, -0.2) is 4.79 Å². The molecule has 144 valence electrons. The maximum absolute atomic E-state index is 12.8. The first-order chi connectivity index (χ1) is 13.4. The number of amidine groups is 1. The molecule has 8 nitrogen and oxygen atoms in total. The van der Waals surface area contributed by atoms with Crippen molar-refractivity contribution in [3.63, 3.8) is 0 Å². The number of esters is 1. The molecule has 0 amide bonds. The summed E-state index contributed by atoms with van der Waals surface area (Å²) < 4.78 is 7.65. The monoisotopic (exact) mass is 379 g/mol. The van der Waals surface area contributed by atoms with E-state index in [0.717, 1.165) is 5.56 Å². The number of nitrogens with zero attached hydrogens (tertiary/aromatic N) is 2. The van der Waals surface area contributed by atoms with Crippen molar-refractivity contribution in [3.8, 4) is 11.4 Å². The van der Waals surface area contributed by atoms with Crippen LogP contribution in [-0.2, 0) is 16.0 Å². The van der Waals surface area contributed by atoms with Crippen molar-refractivity contribution in [2.24, 2.45) is 11.5 Å². The lowest BCUT2D eigenvalue weighted by Crippen LogP contribution is -2.33. The summed E-state index contributed by atoms with van der Waals surface area (Å²) in [4.78, 5) is 24.2. The number of hydrogen-bond acceptors (Lipinski definition) is 5. The molecule has 0 radical (unpaired) electrons. The number of benzene rings is 2. The van der Waals surface area contributed by atoms with E-state index in [1.165, 1.54) is 16.2 Å². The molecule has 0 fully saturated rings. The molecule has 0 bridgehead atoms. The maximum atomic E-state index is 12.8. The first kappa shape index (κ1) is 19.1. The van der Waals surface area contributed by atoms with Crippen LogP contribution in [0.15, 0.2) is 65.7 Å². The van der Waals surface area contributed by atoms with Crippen LogP contribution in [0.1, 0.15) is 11.1 Å². The largest absolute Gasteiger partial charge is 0.468 e. The minimum absolute atomic E-state index is 0.0246. The molecule has 1 atom stereocenters. The van der Waals surface area contributed by atoms with Gasteiger partial charge in [-0.2, -0.15) is 0 Å². The van der Waals surface area contributed by atoms with E-state index in [0.29, 0.717) is 23.4 Å². The van der Waals surface area contributed by atoms with E-state index in [2.05, 4.69) is 4.74 Å². The number of rotatable bonds is 6. The van der Waals surface area contributed by atoms with Gasteiger partial charge < -0.3 is 16.2 Å². The van der Waals surface area contributed by atoms with Crippen molar-refractivity contribution in [3.05, 3.63) is 82.5 Å². The van der Waals surface area contributed by atoms with E-state index in [4.69, 9.17) is 16.9 Å². The topological polar surface area (TPSA) is 129 Å². The highest BCUT2D eigenvalue weighted by Crippen LogP contribution is 2.12. The molecule has 0 spiro atoms. The number of nitrogen functional groups attached to an aromatic ring is 1. The Morgan fingerprint density at radius 3 is 2.00 bits per heavy atom. The quantitative estimate of drug-likeness (QED) is 0.334. The normalized spacial score (nSPS) is 11.8. The van der Waals surface area contributed by atoms with E-state index in [1.807, 2.05) is 12.1 Å². The van der Waals surface area contributed by atoms with Gasteiger partial charge in [0, 0.05) is 18.0 Å². The number of aromatic nitrogens is 2. The molecule has 3 aromatic rings. The summed E-state index contributed by atoms with van der Waals surface area (Å²) in [6.07, 6.45) is 3.70. The van der Waals surface area contributed by atoms with E-state index < -0.39 is 12.0 Å². The number of nitrogens with two attached hydrogens (primary N) is 2. The Bertz CT molecular complexity index is 1050. The number of carbonyl (C=O) groups excluding carboxylic acids is 1. The van der Waals surface area contributed by atoms with Gasteiger partial charge in [-0.1, -0.05) is 12.1 Å². The van der Waals surface area contributed by atoms with Crippen LogP contribution < -0.4 is 17.2 Å². The van der Waals surface area contributed by atoms with Crippen molar-refractivity contribution in [2.75, 3.05) is 7.11 Å². The SMILES string of the molecule is COC(=O)C(N)Cc1ccc(-n2ccn(-c3ccc(C(=N)N)cc3)c2=O)cc1. The van der Waals surface area contributed by atoms with E-state index in [9.17, 15) is 9.59 Å². The van der Waals surface area contributed by atoms with Crippen LogP contribution in [0.3, 0.4) is 0 Å². The van der Waals surface area contributed by atoms with Gasteiger partial charge in [-0.3, -0.25) is 19.3 Å². The second-order valence-corrected chi connectivity index (χ2v) is 6.28. The van der Waals surface area contributed by atoms with Crippen LogP contribution >= 0.6 is 0 Å². The molecule has 1 aromatic heterocycles. The van der Waals surface area contributed by atoms with Crippen LogP contribution in [0.5, 0.6) is 0 Å². The molecule has 8 heteroatoms. The van der Waals surface area contributed by atoms with Crippen molar-refractivity contribution >= 4 is 11.8 Å². The summed E-state index contributed by atoms with van der Waals surface area (Å²) in [5.74, 6) is -0.489. The Kier molecular flexibility index (Phi) is 5.42. The molecule has 0 aliphatic carbocycles. The van der Waals surface area contributed by atoms with Gasteiger partial charge in [0.2, 0.25) is 0 Å². The van der Waals surface area contributed by atoms with Gasteiger partial charge in [0.05, 0.1) is 18.5 Å². The molecule has 1 heterocycles. The van der Waals surface area contributed by atoms with Gasteiger partial charge in [-0.05, 0) is 48.4 Å². The lowest BCUT2D eigenvalue weighted by Gasteiger charge is -2.10. The lowest BCUT2D eigenvalue weighted by atomic mass is 10.1. The Labute approximate surface area is 161 Å². The minimum atomic E-state index is -0.724. The Balaban J connectivity index is 1.82. The second kappa shape index (κ2) is 7.93. The fourth-order valence-corrected chi connectivity index (χ4v) is 2.85. The molecular weight excluding hydrogens is 358 g/mol. The van der Waals surface area contributed by atoms with E-state index >= 15 is 0 Å². The number of methoxy groups -OCH3 is 1. The molecule has 5 N–H and O–H groups in total. The van der Waals surface area contributed by atoms with Crippen LogP contribution in [-0.4, -0.2) is 34.1 Å². The van der Waals surface area contributed by atoms with Crippen LogP contribution in [0.4, 0.5) is 0 Å². The highest BCUT2D eigenvalue weighted by Gasteiger charge is 2.14. The smallest absolute Gasteiger partial charge is 0.337 e. The summed E-state index contributed by atoms with van der Waals surface area (Å²) in [5, 5.41) is 7.43. The predicted octanol–water partition coefficient (Wildman–Crippen LogP) is 0.955. The molecule has 28 heavy (non-hydrogen) atoms. The number of hydrogen-bond donors (Lipinski definition) is 3. The highest BCUT2D eigenvalue weighted by molar-refractivity contribution is 5.95. The van der Waals surface area contributed by atoms with E-state index in [1.54, 1.807) is 48.8 Å². The Morgan fingerprint density at radius 1 is 1.04 bits per heavy atom. The molecule has 3 rings (SSSR count). The molecular formula is C20H21N5O3. The van der Waals surface area contributed by atoms with Crippen molar-refractivity contribution in [1.29, 1.82) is 5.41 Å². The Hall–Kier alpha value is -3.65. The van der Waals surface area contributed by atoms with Gasteiger partial charge in [0.1, 0.15) is 11.9 Å². The molecule has 0 aliphatic heterocycles. The third-order valence-corrected chi connectivity index (χ3v) is 4.41. The first-order valence-corrected chi connectivity index (χ1v) is 8.58. The molecule has 1 unspecified atom stereocenters. The summed E-state index contributed by atoms with van der Waals surface area (Å²) in [7, 11) is 1.30. The molecule has 0 saturated carbocycles. The fourth-order valence-electron chi connectivity index (χ4n) is 2.85. The summed E-state index contributed by atoms with van der Waals surface area (Å²) in [6, 6.07) is 13.4. The summed E-state index contributed by atoms with van der Waals surface area (Å²) in [6.45, 7) is 0. The summed E-state index contributed by atoms with van der Waals surface area (Å²) >= 11 is 0. The van der Waals surface area contributed by atoms with E-state index in [-0.39, 0.29) is 11.5 Å². The van der Waals surface area contributed by atoms with Gasteiger partial charge in [0.25, 0.3) is 0 Å². The molecule has 0 saturated heterocycles. The minimum Gasteiger partial charge on any atom is -0.468 e. The number of imidazole rings is 1. The third kappa shape index (κ3) is 3.86. The molecule has 2 aromatic carbocycles. The van der Waals surface area contributed by atoms with Gasteiger partial charge >= 0.3 is 11.7 Å². The van der Waals surface area contributed by atoms with Crippen molar-refractivity contribution in [2.45, 2.75) is 12.5 Å². The van der Waals surface area contributed by atoms with Crippen molar-refractivity contribution in [1.82, 2.24) is 9.13 Å². The van der Waals surface area contributed by atoms with Crippen LogP contribution in [0.2, 0.25) is 0 Å². The predicted molar refractivity (Wildman–Crippen MR) is 106 cm³/mol. The number of carbonyl (C=O) groups is 1. The van der Waals surface area contributed by atoms with Crippen LogP contribution in [0.25, 0.3) is 11.4 Å².